The standard InChI is InChI=1S/C49H29NO/c1-2-13-32(14-3-1)29-30-49(35-26-25-33-15-4-5-16-34(33)31-35)39-20-9-6-17-36(39)46-40(49)21-12-23-42(46)50-41-22-10-7-18-37(41)47-43(50)27-28-45-48(47)38-19-8-11-24-44(38)51-45/h1-28,31H. The Labute approximate surface area is 294 Å². The molecule has 2 nitrogen and oxygen atoms in total. The van der Waals surface area contributed by atoms with Gasteiger partial charge in [0.1, 0.15) is 16.6 Å². The summed E-state index contributed by atoms with van der Waals surface area (Å²) in [6, 6.07) is 63.0. The molecule has 236 valence electrons. The second kappa shape index (κ2) is 10.6. The Morgan fingerprint density at radius 3 is 2.16 bits per heavy atom. The molecule has 1 unspecified atom stereocenters. The summed E-state index contributed by atoms with van der Waals surface area (Å²) in [4.78, 5) is 0. The molecule has 51 heavy (non-hydrogen) atoms. The van der Waals surface area contributed by atoms with Crippen LogP contribution in [-0.2, 0) is 5.41 Å². The maximum atomic E-state index is 6.39. The number of fused-ring (bicyclic) bond motifs is 11. The van der Waals surface area contributed by atoms with Gasteiger partial charge >= 0.3 is 0 Å². The van der Waals surface area contributed by atoms with E-state index in [2.05, 4.69) is 180 Å². The molecule has 0 amide bonds. The Morgan fingerprint density at radius 2 is 1.24 bits per heavy atom. The smallest absolute Gasteiger partial charge is 0.136 e. The van der Waals surface area contributed by atoms with Crippen LogP contribution in [0.3, 0.4) is 0 Å². The van der Waals surface area contributed by atoms with E-state index < -0.39 is 5.41 Å². The Morgan fingerprint density at radius 1 is 0.490 bits per heavy atom. The van der Waals surface area contributed by atoms with Gasteiger partial charge in [0.2, 0.25) is 0 Å². The number of hydrogen-bond acceptors (Lipinski definition) is 1. The zero-order valence-electron chi connectivity index (χ0n) is 27.6. The largest absolute Gasteiger partial charge is 0.456 e. The average molecular weight is 648 g/mol. The molecular weight excluding hydrogens is 619 g/mol. The van der Waals surface area contributed by atoms with Crippen molar-refractivity contribution in [2.24, 2.45) is 0 Å². The van der Waals surface area contributed by atoms with Gasteiger partial charge in [-0.25, -0.2) is 0 Å². The van der Waals surface area contributed by atoms with Gasteiger partial charge in [0.25, 0.3) is 0 Å². The maximum absolute atomic E-state index is 6.39. The zero-order valence-corrected chi connectivity index (χ0v) is 27.6. The summed E-state index contributed by atoms with van der Waals surface area (Å²) in [6.07, 6.45) is 0. The number of furan rings is 1. The Kier molecular flexibility index (Phi) is 5.83. The van der Waals surface area contributed by atoms with Crippen molar-refractivity contribution in [1.82, 2.24) is 4.57 Å². The predicted octanol–water partition coefficient (Wildman–Crippen LogP) is 12.2. The highest BCUT2D eigenvalue weighted by molar-refractivity contribution is 6.27. The molecule has 1 atom stereocenters. The van der Waals surface area contributed by atoms with Crippen LogP contribution in [0.25, 0.3) is 71.3 Å². The minimum Gasteiger partial charge on any atom is -0.456 e. The van der Waals surface area contributed by atoms with Crippen LogP contribution in [0.5, 0.6) is 0 Å². The van der Waals surface area contributed by atoms with Crippen LogP contribution in [0.1, 0.15) is 22.3 Å². The normalized spacial score (nSPS) is 15.0. The number of aromatic nitrogens is 1. The van der Waals surface area contributed by atoms with Crippen molar-refractivity contribution in [2.75, 3.05) is 0 Å². The minimum absolute atomic E-state index is 0.700. The quantitative estimate of drug-likeness (QED) is 0.171. The number of hydrogen-bond donors (Lipinski definition) is 0. The van der Waals surface area contributed by atoms with Crippen LogP contribution < -0.4 is 0 Å². The molecule has 2 heteroatoms. The van der Waals surface area contributed by atoms with Crippen LogP contribution in [0.4, 0.5) is 0 Å². The zero-order chi connectivity index (χ0) is 33.5. The molecule has 0 saturated heterocycles. The second-order valence-corrected chi connectivity index (χ2v) is 13.5. The molecule has 8 aromatic carbocycles. The fourth-order valence-corrected chi connectivity index (χ4v) is 8.66. The molecule has 11 rings (SSSR count). The van der Waals surface area contributed by atoms with Gasteiger partial charge in [0.05, 0.1) is 16.7 Å². The van der Waals surface area contributed by atoms with Gasteiger partial charge in [0.15, 0.2) is 0 Å². The summed E-state index contributed by atoms with van der Waals surface area (Å²) in [6.45, 7) is 0. The van der Waals surface area contributed by atoms with Gasteiger partial charge in [-0.3, -0.25) is 0 Å². The summed E-state index contributed by atoms with van der Waals surface area (Å²) in [7, 11) is 0. The van der Waals surface area contributed by atoms with Crippen molar-refractivity contribution < 1.29 is 4.42 Å². The summed E-state index contributed by atoms with van der Waals surface area (Å²) >= 11 is 0. The Balaban J connectivity index is 1.27. The molecule has 2 heterocycles. The second-order valence-electron chi connectivity index (χ2n) is 13.5. The third kappa shape index (κ3) is 3.89. The van der Waals surface area contributed by atoms with E-state index in [1.54, 1.807) is 0 Å². The molecule has 10 aromatic rings. The fraction of sp³-hybridized carbons (Fsp3) is 0.0204. The molecule has 0 bridgehead atoms. The molecule has 0 saturated carbocycles. The lowest BCUT2D eigenvalue weighted by Crippen LogP contribution is -2.25. The molecule has 1 aliphatic rings. The first-order valence-electron chi connectivity index (χ1n) is 17.4. The number of para-hydroxylation sites is 2. The van der Waals surface area contributed by atoms with Gasteiger partial charge in [-0.15, -0.1) is 0 Å². The monoisotopic (exact) mass is 647 g/mol. The predicted molar refractivity (Wildman–Crippen MR) is 211 cm³/mol. The lowest BCUT2D eigenvalue weighted by atomic mass is 9.72. The van der Waals surface area contributed by atoms with E-state index in [1.165, 1.54) is 49.4 Å². The van der Waals surface area contributed by atoms with Crippen molar-refractivity contribution in [2.45, 2.75) is 5.41 Å². The highest BCUT2D eigenvalue weighted by atomic mass is 16.3. The van der Waals surface area contributed by atoms with Crippen molar-refractivity contribution in [1.29, 1.82) is 0 Å². The Hall–Kier alpha value is -6.82. The summed E-state index contributed by atoms with van der Waals surface area (Å²) in [5.41, 5.74) is 11.6. The first kappa shape index (κ1) is 28.1. The number of benzene rings is 8. The first-order chi connectivity index (χ1) is 25.3. The number of nitrogens with zero attached hydrogens (tertiary/aromatic N) is 1. The third-order valence-corrected chi connectivity index (χ3v) is 10.8. The molecule has 0 aliphatic heterocycles. The fourth-order valence-electron chi connectivity index (χ4n) is 8.66. The van der Waals surface area contributed by atoms with E-state index in [0.29, 0.717) is 0 Å². The molecule has 0 fully saturated rings. The maximum Gasteiger partial charge on any atom is 0.136 e. The van der Waals surface area contributed by atoms with Crippen LogP contribution in [-0.4, -0.2) is 4.57 Å². The summed E-state index contributed by atoms with van der Waals surface area (Å²) in [5.74, 6) is 7.56. The summed E-state index contributed by atoms with van der Waals surface area (Å²) in [5, 5.41) is 7.13. The van der Waals surface area contributed by atoms with Crippen molar-refractivity contribution >= 4 is 54.5 Å². The topological polar surface area (TPSA) is 18.1 Å². The van der Waals surface area contributed by atoms with E-state index in [9.17, 15) is 0 Å². The lowest BCUT2D eigenvalue weighted by molar-refractivity contribution is 0.669. The SMILES string of the molecule is C(#CC1(c2ccc3ccccc3c2)c2ccccc2-c2c(-n3c4ccccc4c4c5c(ccc43)oc3ccccc35)cccc21)c1ccccc1. The van der Waals surface area contributed by atoms with Crippen molar-refractivity contribution in [3.63, 3.8) is 0 Å². The van der Waals surface area contributed by atoms with Gasteiger partial charge in [-0.05, 0) is 81.6 Å². The average Bonchev–Trinajstić information content (AvgIpc) is 3.84. The van der Waals surface area contributed by atoms with Gasteiger partial charge in [0, 0.05) is 32.7 Å². The van der Waals surface area contributed by atoms with E-state index in [-0.39, 0.29) is 0 Å². The van der Waals surface area contributed by atoms with E-state index in [0.717, 1.165) is 44.2 Å². The van der Waals surface area contributed by atoms with E-state index in [4.69, 9.17) is 4.42 Å². The van der Waals surface area contributed by atoms with Crippen molar-refractivity contribution in [3.8, 4) is 28.7 Å². The summed E-state index contributed by atoms with van der Waals surface area (Å²) < 4.78 is 8.85. The van der Waals surface area contributed by atoms with Crippen LogP contribution in [0.2, 0.25) is 0 Å². The molecule has 1 aliphatic carbocycles. The molecule has 0 spiro atoms. The van der Waals surface area contributed by atoms with Gasteiger partial charge < -0.3 is 8.98 Å². The highest BCUT2D eigenvalue weighted by Crippen LogP contribution is 2.55. The Bertz CT molecular complexity index is 3100. The molecule has 2 aromatic heterocycles. The van der Waals surface area contributed by atoms with Gasteiger partial charge in [-0.2, -0.15) is 0 Å². The minimum atomic E-state index is -0.700. The molecular formula is C49H29NO. The van der Waals surface area contributed by atoms with E-state index >= 15 is 0 Å². The van der Waals surface area contributed by atoms with Crippen molar-refractivity contribution in [3.05, 3.63) is 198 Å². The van der Waals surface area contributed by atoms with E-state index in [1.807, 2.05) is 12.1 Å². The van der Waals surface area contributed by atoms with Crippen LogP contribution in [0, 0.1) is 11.8 Å². The third-order valence-electron chi connectivity index (χ3n) is 10.8. The highest BCUT2D eigenvalue weighted by Gasteiger charge is 2.45. The van der Waals surface area contributed by atoms with Crippen LogP contribution in [0.15, 0.2) is 180 Å². The van der Waals surface area contributed by atoms with Gasteiger partial charge in [-0.1, -0.05) is 139 Å². The molecule has 0 radical (unpaired) electrons. The van der Waals surface area contributed by atoms with Crippen LogP contribution >= 0.6 is 0 Å². The number of rotatable bonds is 2. The lowest BCUT2D eigenvalue weighted by Gasteiger charge is -2.28. The first-order valence-corrected chi connectivity index (χ1v) is 17.4. The molecule has 0 N–H and O–H groups in total.